The smallest absolute Gasteiger partial charge is 0.681 e. The van der Waals surface area contributed by atoms with Gasteiger partial charge in [-0.15, -0.1) is 22.4 Å². The van der Waals surface area contributed by atoms with E-state index in [-0.39, 0.29) is 77.3 Å². The van der Waals surface area contributed by atoms with Crippen molar-refractivity contribution in [3.8, 4) is 0 Å². The van der Waals surface area contributed by atoms with Gasteiger partial charge in [-0.3, -0.25) is 14.4 Å². The van der Waals surface area contributed by atoms with Crippen molar-refractivity contribution in [2.45, 2.75) is 153 Å². The number of ketones is 1. The van der Waals surface area contributed by atoms with Gasteiger partial charge in [0, 0.05) is 17.2 Å². The number of carbonyl (C=O) groups excluding carboxylic acids is 3. The third-order valence-electron chi connectivity index (χ3n) is 14.8. The first-order chi connectivity index (χ1) is 30.9. The largest absolute Gasteiger partial charge is 2.00 e. The predicted octanol–water partition coefficient (Wildman–Crippen LogP) is 11.0. The minimum Gasteiger partial charge on any atom is -0.681 e. The van der Waals surface area contributed by atoms with Crippen LogP contribution >= 0.6 is 0 Å². The van der Waals surface area contributed by atoms with Crippen LogP contribution in [0.2, 0.25) is 0 Å². The molecule has 3 aliphatic heterocycles. The number of hydrogen-bond donors (Lipinski definition) is 1. The van der Waals surface area contributed by atoms with E-state index in [2.05, 4.69) is 61.8 Å². The van der Waals surface area contributed by atoms with Crippen LogP contribution in [0, 0.1) is 67.6 Å². The average Bonchev–Trinajstić information content (AvgIpc) is 4.00. The fraction of sp³-hybridized carbons (Fsp3) is 0.600. The third-order valence-corrected chi connectivity index (χ3v) is 14.8. The minimum absolute atomic E-state index is 0. The molecule has 4 aliphatic rings. The molecule has 0 radical (unpaired) electrons. The molecular weight excluding hydrogens is 837 g/mol. The number of allylic oxidation sites excluding steroid dienone is 4. The Morgan fingerprint density at radius 2 is 1.56 bits per heavy atom. The number of esters is 2. The second kappa shape index (κ2) is 23.4. The van der Waals surface area contributed by atoms with E-state index < -0.39 is 17.9 Å². The molecule has 0 saturated carbocycles. The van der Waals surface area contributed by atoms with Crippen LogP contribution in [0.3, 0.4) is 0 Å². The summed E-state index contributed by atoms with van der Waals surface area (Å²) in [7, 11) is 1.32. The molecule has 0 amide bonds. The number of carbonyl (C=O) groups is 3. The SMILES string of the molecule is CC[C@H]1/C2=C/c3[n-]c4c(c3C)=C(O)[C@H](C(=O)OC)C=4C3[N-]/C(=C\c4[n-]c(c(C(C)=O)c4C)/C=C(\[N-]2)[C@@H]1C)[C@@H](C)[C@@H]3CCC(=O)OC/C=C(\C)CCC[C@H](C)CC[CH-][C@H](C)CCCC(C)C.[Mg+2]. The summed E-state index contributed by atoms with van der Waals surface area (Å²) in [5.41, 5.74) is 8.19. The molecule has 8 atom stereocenters. The third kappa shape index (κ3) is 11.8. The minimum atomic E-state index is -1.10. The molecule has 8 bridgehead atoms. The van der Waals surface area contributed by atoms with E-state index in [0.717, 1.165) is 53.4 Å². The molecule has 0 spiro atoms. The summed E-state index contributed by atoms with van der Waals surface area (Å²) in [5.74, 6) is -0.297. The van der Waals surface area contributed by atoms with Crippen molar-refractivity contribution in [2.75, 3.05) is 13.7 Å². The Hall–Kier alpha value is -3.96. The van der Waals surface area contributed by atoms with E-state index in [1.807, 2.05) is 38.2 Å². The van der Waals surface area contributed by atoms with Crippen molar-refractivity contribution in [3.63, 3.8) is 0 Å². The fourth-order valence-corrected chi connectivity index (χ4v) is 10.7. The van der Waals surface area contributed by atoms with Gasteiger partial charge in [0.05, 0.1) is 7.11 Å². The first-order valence-corrected chi connectivity index (χ1v) is 24.5. The monoisotopic (exact) mass is 912 g/mol. The summed E-state index contributed by atoms with van der Waals surface area (Å²) in [5, 5.41) is 23.4. The molecule has 0 aromatic carbocycles. The van der Waals surface area contributed by atoms with Gasteiger partial charge in [0.25, 0.3) is 0 Å². The summed E-state index contributed by atoms with van der Waals surface area (Å²) in [6.45, 7) is 23.4. The van der Waals surface area contributed by atoms with Crippen LogP contribution in [0.25, 0.3) is 40.2 Å². The zero-order valence-electron chi connectivity index (χ0n) is 42.1. The van der Waals surface area contributed by atoms with Gasteiger partial charge in [-0.2, -0.15) is 29.4 Å². The number of hydrogen-bond acceptors (Lipinski definition) is 6. The number of nitrogens with zero attached hydrogens (tertiary/aromatic N) is 4. The fourth-order valence-electron chi connectivity index (χ4n) is 10.7. The number of rotatable bonds is 20. The maximum absolute atomic E-state index is 13.6. The molecule has 6 rings (SSSR count). The van der Waals surface area contributed by atoms with Crippen molar-refractivity contribution < 1.29 is 29.0 Å². The molecule has 11 heteroatoms. The van der Waals surface area contributed by atoms with Crippen molar-refractivity contribution in [1.29, 1.82) is 0 Å². The first kappa shape index (κ1) is 53.0. The van der Waals surface area contributed by atoms with Crippen molar-refractivity contribution >= 4 is 70.3 Å². The van der Waals surface area contributed by atoms with E-state index in [9.17, 15) is 19.5 Å². The van der Waals surface area contributed by atoms with Crippen molar-refractivity contribution in [1.82, 2.24) is 9.97 Å². The molecule has 5 heterocycles. The number of aliphatic hydroxyl groups is 1. The van der Waals surface area contributed by atoms with E-state index in [1.165, 1.54) is 51.2 Å². The summed E-state index contributed by atoms with van der Waals surface area (Å²) < 4.78 is 11.1. The molecular formula is C55H75MgN4O6-3. The molecule has 356 valence electrons. The Balaban J connectivity index is 0.00000817. The van der Waals surface area contributed by atoms with Gasteiger partial charge in [-0.1, -0.05) is 134 Å². The number of aromatic nitrogens is 2. The molecule has 10 nitrogen and oxygen atoms in total. The van der Waals surface area contributed by atoms with Crippen LogP contribution in [-0.4, -0.2) is 65.6 Å². The van der Waals surface area contributed by atoms with Crippen molar-refractivity contribution in [2.24, 2.45) is 47.3 Å². The van der Waals surface area contributed by atoms with Crippen LogP contribution in [0.4, 0.5) is 0 Å². The molecule has 2 fully saturated rings. The molecule has 2 aromatic heterocycles. The van der Waals surface area contributed by atoms with E-state index >= 15 is 0 Å². The zero-order chi connectivity index (χ0) is 47.3. The van der Waals surface area contributed by atoms with Gasteiger partial charge in [-0.05, 0) is 88.5 Å². The topological polar surface area (TPSA) is 146 Å². The quantitative estimate of drug-likeness (QED) is 0.0454. The number of ether oxygens (including phenoxy) is 2. The number of Topliss-reactive ketones (excluding diaryl/α,β-unsaturated/α-hetero) is 1. The van der Waals surface area contributed by atoms with Crippen LogP contribution in [0.5, 0.6) is 0 Å². The molecule has 66 heavy (non-hydrogen) atoms. The van der Waals surface area contributed by atoms with Crippen LogP contribution in [0.1, 0.15) is 172 Å². The summed E-state index contributed by atoms with van der Waals surface area (Å²) in [4.78, 5) is 50.5. The Bertz CT molecular complexity index is 2340. The van der Waals surface area contributed by atoms with Crippen LogP contribution < -0.4 is 20.5 Å². The number of aliphatic hydroxyl groups excluding tert-OH is 1. The Morgan fingerprint density at radius 1 is 0.864 bits per heavy atom. The maximum atomic E-state index is 13.6. The molecule has 2 saturated heterocycles. The molecule has 1 aliphatic carbocycles. The molecule has 1 N–H and O–H groups in total. The average molecular weight is 913 g/mol. The molecule has 1 unspecified atom stereocenters. The van der Waals surface area contributed by atoms with Gasteiger partial charge in [0.15, 0.2) is 5.78 Å². The van der Waals surface area contributed by atoms with Crippen LogP contribution in [0.15, 0.2) is 28.7 Å². The maximum Gasteiger partial charge on any atom is 2.00 e. The van der Waals surface area contributed by atoms with Crippen molar-refractivity contribution in [3.05, 3.63) is 90.1 Å². The Kier molecular flexibility index (Phi) is 18.8. The van der Waals surface area contributed by atoms with Crippen LogP contribution in [-0.2, 0) is 19.1 Å². The van der Waals surface area contributed by atoms with Gasteiger partial charge in [0.1, 0.15) is 18.3 Å². The Morgan fingerprint density at radius 3 is 2.24 bits per heavy atom. The summed E-state index contributed by atoms with van der Waals surface area (Å²) in [6, 6.07) is -0.618. The second-order valence-corrected chi connectivity index (χ2v) is 20.1. The first-order valence-electron chi connectivity index (χ1n) is 24.5. The normalized spacial score (nSPS) is 25.5. The summed E-state index contributed by atoms with van der Waals surface area (Å²) in [6.07, 6.45) is 21.4. The van der Waals surface area contributed by atoms with Gasteiger partial charge >= 0.3 is 35.0 Å². The second-order valence-electron chi connectivity index (χ2n) is 20.1. The van der Waals surface area contributed by atoms with Gasteiger partial charge in [-0.25, -0.2) is 0 Å². The number of fused-ring (bicyclic) bond motifs is 8. The number of methoxy groups -OCH3 is 1. The zero-order valence-corrected chi connectivity index (χ0v) is 43.5. The molecule has 2 aromatic rings. The Labute approximate surface area is 411 Å². The standard InChI is InChI=1S/C55H76N4O6.Mg/c1-13-39-34(7)41-29-46-48(38(11)60)36(9)43(57-46)27-42-35(8)40(52(58-42)50-51(55(63)64-12)54(62)49-37(10)44(59-53(49)50)28-45(39)56-41)23-24-47(61)65-26-25-33(6)22-16-21-32(5)20-15-19-31(4)18-14-17-30(2)3;/h19,25,27-32,34-35,39-40,51-52H,13-18,20-24,26H2,1-12H3,(H2-,56,57,60,62);/q-4;+2/p-1/b33-25+,42-27-,45-28-;/t31-,32-,34-,35+,39-,40+,51-,52?;/m1./s1. The van der Waals surface area contributed by atoms with Gasteiger partial charge < -0.3 is 41.6 Å². The van der Waals surface area contributed by atoms with E-state index in [4.69, 9.17) is 30.1 Å². The van der Waals surface area contributed by atoms with Gasteiger partial charge in [0.2, 0.25) is 0 Å². The van der Waals surface area contributed by atoms with E-state index in [0.29, 0.717) is 57.0 Å². The van der Waals surface area contributed by atoms with E-state index in [1.54, 1.807) is 6.92 Å². The predicted molar refractivity (Wildman–Crippen MR) is 267 cm³/mol. The summed E-state index contributed by atoms with van der Waals surface area (Å²) >= 11 is 0.